The molecule has 2 heterocycles. The SMILES string of the molecule is COc1cnc(CS(=O)c2nc3ccc(OC(F)(F)Cl)cc3[nH]2)cc1OC. The summed E-state index contributed by atoms with van der Waals surface area (Å²) in [6.07, 6.45) is 1.47. The van der Waals surface area contributed by atoms with Gasteiger partial charge in [-0.3, -0.25) is 9.19 Å². The van der Waals surface area contributed by atoms with E-state index in [2.05, 4.69) is 19.7 Å². The lowest BCUT2D eigenvalue weighted by atomic mass is 10.3. The van der Waals surface area contributed by atoms with Crippen molar-refractivity contribution in [2.24, 2.45) is 0 Å². The summed E-state index contributed by atoms with van der Waals surface area (Å²) >= 11 is 4.75. The van der Waals surface area contributed by atoms with Crippen molar-refractivity contribution in [1.29, 1.82) is 0 Å². The average Bonchev–Trinajstić information content (AvgIpc) is 3.03. The molecule has 3 aromatic rings. The van der Waals surface area contributed by atoms with Crippen LogP contribution in [-0.2, 0) is 16.6 Å². The van der Waals surface area contributed by atoms with Gasteiger partial charge in [-0.05, 0) is 12.1 Å². The Morgan fingerprint density at radius 3 is 2.63 bits per heavy atom. The highest BCUT2D eigenvalue weighted by molar-refractivity contribution is 7.84. The molecule has 0 spiro atoms. The largest absolute Gasteiger partial charge is 0.493 e. The van der Waals surface area contributed by atoms with Crippen molar-refractivity contribution >= 4 is 33.4 Å². The summed E-state index contributed by atoms with van der Waals surface area (Å²) in [7, 11) is 1.43. The number of ether oxygens (including phenoxy) is 3. The molecule has 2 aromatic heterocycles. The number of rotatable bonds is 7. The molecule has 11 heteroatoms. The van der Waals surface area contributed by atoms with Gasteiger partial charge >= 0.3 is 5.57 Å². The molecule has 0 saturated carbocycles. The third kappa shape index (κ3) is 4.64. The first-order valence-electron chi connectivity index (χ1n) is 7.50. The van der Waals surface area contributed by atoms with Gasteiger partial charge in [0.15, 0.2) is 16.7 Å². The van der Waals surface area contributed by atoms with E-state index in [0.29, 0.717) is 28.2 Å². The van der Waals surface area contributed by atoms with Crippen molar-refractivity contribution in [1.82, 2.24) is 15.0 Å². The second-order valence-electron chi connectivity index (χ2n) is 5.29. The molecule has 0 radical (unpaired) electrons. The van der Waals surface area contributed by atoms with Crippen LogP contribution in [0.15, 0.2) is 35.6 Å². The molecule has 0 aliphatic rings. The molecular formula is C16H14ClF2N3O4S. The highest BCUT2D eigenvalue weighted by atomic mass is 35.5. The number of aromatic amines is 1. The predicted molar refractivity (Wildman–Crippen MR) is 95.0 cm³/mol. The Hall–Kier alpha value is -2.46. The van der Waals surface area contributed by atoms with Gasteiger partial charge in [0.1, 0.15) is 5.75 Å². The highest BCUT2D eigenvalue weighted by Crippen LogP contribution is 2.29. The molecule has 0 amide bonds. The first kappa shape index (κ1) is 19.3. The summed E-state index contributed by atoms with van der Waals surface area (Å²) < 4.78 is 52.7. The number of benzene rings is 1. The fourth-order valence-electron chi connectivity index (χ4n) is 2.33. The summed E-state index contributed by atoms with van der Waals surface area (Å²) in [5.41, 5.74) is -2.48. The summed E-state index contributed by atoms with van der Waals surface area (Å²) in [4.78, 5) is 11.2. The number of H-pyrrole nitrogens is 1. The van der Waals surface area contributed by atoms with Crippen LogP contribution in [0.25, 0.3) is 11.0 Å². The Morgan fingerprint density at radius 1 is 1.22 bits per heavy atom. The molecule has 3 rings (SSSR count). The molecule has 0 aliphatic carbocycles. The van der Waals surface area contributed by atoms with Crippen LogP contribution in [0, 0.1) is 0 Å². The third-order valence-corrected chi connectivity index (χ3v) is 4.75. The molecule has 1 atom stereocenters. The van der Waals surface area contributed by atoms with Crippen LogP contribution in [0.5, 0.6) is 17.2 Å². The summed E-state index contributed by atoms with van der Waals surface area (Å²) in [6.45, 7) is 0. The first-order chi connectivity index (χ1) is 12.8. The number of fused-ring (bicyclic) bond motifs is 1. The third-order valence-electron chi connectivity index (χ3n) is 3.49. The average molecular weight is 418 g/mol. The van der Waals surface area contributed by atoms with Gasteiger partial charge in [-0.25, -0.2) is 4.98 Å². The number of nitrogens with one attached hydrogen (secondary N) is 1. The lowest BCUT2D eigenvalue weighted by molar-refractivity contribution is -0.0964. The number of aromatic nitrogens is 3. The Morgan fingerprint density at radius 2 is 1.96 bits per heavy atom. The van der Waals surface area contributed by atoms with E-state index in [9.17, 15) is 13.0 Å². The number of halogens is 3. The molecule has 0 bridgehead atoms. The maximum atomic E-state index is 12.7. The van der Waals surface area contributed by atoms with Gasteiger partial charge in [0.05, 0.1) is 53.7 Å². The van der Waals surface area contributed by atoms with E-state index in [1.165, 1.54) is 38.6 Å². The van der Waals surface area contributed by atoms with Crippen LogP contribution in [0.3, 0.4) is 0 Å². The number of hydrogen-bond donors (Lipinski definition) is 1. The monoisotopic (exact) mass is 417 g/mol. The highest BCUT2D eigenvalue weighted by Gasteiger charge is 2.27. The van der Waals surface area contributed by atoms with Crippen molar-refractivity contribution < 1.29 is 27.2 Å². The van der Waals surface area contributed by atoms with E-state index in [1.54, 1.807) is 6.07 Å². The second kappa shape index (κ2) is 7.65. The number of methoxy groups -OCH3 is 2. The van der Waals surface area contributed by atoms with E-state index >= 15 is 0 Å². The molecule has 1 unspecified atom stereocenters. The van der Waals surface area contributed by atoms with Crippen molar-refractivity contribution in [2.75, 3.05) is 14.2 Å². The Labute approximate surface area is 160 Å². The van der Waals surface area contributed by atoms with E-state index < -0.39 is 16.4 Å². The van der Waals surface area contributed by atoms with Crippen molar-refractivity contribution in [3.63, 3.8) is 0 Å². The van der Waals surface area contributed by atoms with E-state index in [1.807, 2.05) is 0 Å². The number of pyridine rings is 1. The Balaban J connectivity index is 1.81. The van der Waals surface area contributed by atoms with Crippen molar-refractivity contribution in [3.05, 3.63) is 36.2 Å². The minimum Gasteiger partial charge on any atom is -0.493 e. The van der Waals surface area contributed by atoms with Gasteiger partial charge in [0, 0.05) is 23.7 Å². The smallest absolute Gasteiger partial charge is 0.487 e. The van der Waals surface area contributed by atoms with Crippen LogP contribution >= 0.6 is 11.6 Å². The van der Waals surface area contributed by atoms with Crippen LogP contribution in [0.1, 0.15) is 5.69 Å². The zero-order chi connectivity index (χ0) is 19.6. The van der Waals surface area contributed by atoms with E-state index in [4.69, 9.17) is 21.1 Å². The number of alkyl halides is 3. The molecule has 27 heavy (non-hydrogen) atoms. The summed E-state index contributed by atoms with van der Waals surface area (Å²) in [6, 6.07) is 5.67. The number of hydrogen-bond acceptors (Lipinski definition) is 6. The maximum absolute atomic E-state index is 12.7. The fraction of sp³-hybridized carbons (Fsp3) is 0.250. The van der Waals surface area contributed by atoms with Gasteiger partial charge in [-0.1, -0.05) is 0 Å². The summed E-state index contributed by atoms with van der Waals surface area (Å²) in [5.74, 6) is 0.848. The quantitative estimate of drug-likeness (QED) is 0.592. The van der Waals surface area contributed by atoms with Gasteiger partial charge in [0.2, 0.25) is 0 Å². The van der Waals surface area contributed by atoms with Gasteiger partial charge in [0.25, 0.3) is 0 Å². The molecule has 7 nitrogen and oxygen atoms in total. The van der Waals surface area contributed by atoms with Crippen molar-refractivity contribution in [2.45, 2.75) is 16.5 Å². The maximum Gasteiger partial charge on any atom is 0.487 e. The number of nitrogens with zero attached hydrogens (tertiary/aromatic N) is 2. The van der Waals surface area contributed by atoms with E-state index in [-0.39, 0.29) is 16.7 Å². The van der Waals surface area contributed by atoms with Crippen LogP contribution < -0.4 is 14.2 Å². The predicted octanol–water partition coefficient (Wildman–Crippen LogP) is 3.45. The lowest BCUT2D eigenvalue weighted by Gasteiger charge is -2.09. The standard InChI is InChI=1S/C16H14ClF2N3O4S/c1-24-13-5-9(20-7-14(13)25-2)8-27(23)15-21-11-4-3-10(6-12(11)22-15)26-16(17,18)19/h3-7H,8H2,1-2H3,(H,21,22). The molecule has 0 fully saturated rings. The van der Waals surface area contributed by atoms with Crippen molar-refractivity contribution in [3.8, 4) is 17.2 Å². The van der Waals surface area contributed by atoms with E-state index in [0.717, 1.165) is 0 Å². The Kier molecular flexibility index (Phi) is 5.47. The number of imidazole rings is 1. The second-order valence-corrected chi connectivity index (χ2v) is 7.10. The van der Waals surface area contributed by atoms with Crippen LogP contribution in [0.4, 0.5) is 8.78 Å². The minimum atomic E-state index is -3.82. The molecule has 0 saturated heterocycles. The lowest BCUT2D eigenvalue weighted by Crippen LogP contribution is -2.15. The molecule has 1 N–H and O–H groups in total. The van der Waals surface area contributed by atoms with Crippen LogP contribution in [0.2, 0.25) is 0 Å². The fourth-order valence-corrected chi connectivity index (χ4v) is 3.41. The molecule has 0 aliphatic heterocycles. The van der Waals surface area contributed by atoms with Gasteiger partial charge in [-0.2, -0.15) is 0 Å². The first-order valence-corrected chi connectivity index (χ1v) is 9.19. The molecular weight excluding hydrogens is 404 g/mol. The topological polar surface area (TPSA) is 86.3 Å². The zero-order valence-electron chi connectivity index (χ0n) is 14.2. The van der Waals surface area contributed by atoms with Gasteiger partial charge in [-0.15, -0.1) is 8.78 Å². The normalized spacial score (nSPS) is 12.8. The van der Waals surface area contributed by atoms with Crippen LogP contribution in [-0.4, -0.2) is 38.9 Å². The zero-order valence-corrected chi connectivity index (χ0v) is 15.7. The Bertz CT molecular complexity index is 993. The minimum absolute atomic E-state index is 0.0727. The molecule has 1 aromatic carbocycles. The van der Waals surface area contributed by atoms with Gasteiger partial charge < -0.3 is 19.2 Å². The molecule has 144 valence electrons. The summed E-state index contributed by atoms with van der Waals surface area (Å²) in [5, 5.41) is 0.177.